The van der Waals surface area contributed by atoms with Crippen molar-refractivity contribution in [1.29, 1.82) is 0 Å². The normalized spacial score (nSPS) is 21.5. The van der Waals surface area contributed by atoms with Gasteiger partial charge < -0.3 is 5.32 Å². The van der Waals surface area contributed by atoms with E-state index in [0.29, 0.717) is 12.1 Å². The average molecular weight is 364 g/mol. The summed E-state index contributed by atoms with van der Waals surface area (Å²) in [5.41, 5.74) is 1.50. The van der Waals surface area contributed by atoms with Crippen LogP contribution in [0.3, 0.4) is 0 Å². The van der Waals surface area contributed by atoms with Crippen molar-refractivity contribution < 1.29 is 0 Å². The van der Waals surface area contributed by atoms with E-state index in [1.54, 1.807) is 17.7 Å². The first-order valence-electron chi connectivity index (χ1n) is 9.01. The first-order chi connectivity index (χ1) is 11.8. The lowest BCUT2D eigenvalue weighted by molar-refractivity contribution is 0.477. The SMILES string of the molecule is CSCCN[C@@H]1CCc2c(sc3ncn(C4CCCC4)c(=O)c23)C1. The summed E-state index contributed by atoms with van der Waals surface area (Å²) in [6.07, 6.45) is 11.9. The first kappa shape index (κ1) is 16.6. The Morgan fingerprint density at radius 2 is 2.21 bits per heavy atom. The molecule has 6 heteroatoms. The minimum Gasteiger partial charge on any atom is -0.313 e. The second-order valence-corrected chi connectivity index (χ2v) is 9.04. The topological polar surface area (TPSA) is 46.9 Å². The zero-order valence-electron chi connectivity index (χ0n) is 14.2. The van der Waals surface area contributed by atoms with E-state index in [2.05, 4.69) is 16.6 Å². The molecular weight excluding hydrogens is 338 g/mol. The van der Waals surface area contributed by atoms with Crippen molar-refractivity contribution in [3.8, 4) is 0 Å². The van der Waals surface area contributed by atoms with Crippen LogP contribution >= 0.6 is 23.1 Å². The molecule has 4 rings (SSSR count). The van der Waals surface area contributed by atoms with E-state index < -0.39 is 0 Å². The van der Waals surface area contributed by atoms with E-state index >= 15 is 0 Å². The lowest BCUT2D eigenvalue weighted by Crippen LogP contribution is -2.35. The monoisotopic (exact) mass is 363 g/mol. The van der Waals surface area contributed by atoms with Crippen LogP contribution in [0.15, 0.2) is 11.1 Å². The summed E-state index contributed by atoms with van der Waals surface area (Å²) in [5.74, 6) is 1.16. The standard InChI is InChI=1S/C18H25N3OS2/c1-23-9-8-19-12-6-7-14-15(10-12)24-17-16(14)18(22)21(11-20-17)13-4-2-3-5-13/h11-13,19H,2-10H2,1H3/t12-/m1/s1. The molecule has 0 bridgehead atoms. The Kier molecular flexibility index (Phi) is 4.97. The van der Waals surface area contributed by atoms with Gasteiger partial charge in [0, 0.05) is 29.3 Å². The Hall–Kier alpha value is -0.850. The van der Waals surface area contributed by atoms with Gasteiger partial charge in [-0.15, -0.1) is 11.3 Å². The van der Waals surface area contributed by atoms with Crippen molar-refractivity contribution >= 4 is 33.3 Å². The van der Waals surface area contributed by atoms with Gasteiger partial charge in [0.05, 0.1) is 11.7 Å². The molecule has 1 fully saturated rings. The van der Waals surface area contributed by atoms with Crippen molar-refractivity contribution in [1.82, 2.24) is 14.9 Å². The first-order valence-corrected chi connectivity index (χ1v) is 11.2. The van der Waals surface area contributed by atoms with Crippen LogP contribution in [0.4, 0.5) is 0 Å². The molecule has 2 aromatic heterocycles. The molecule has 0 amide bonds. The van der Waals surface area contributed by atoms with Crippen LogP contribution in [0.2, 0.25) is 0 Å². The van der Waals surface area contributed by atoms with Gasteiger partial charge in [-0.05, 0) is 43.9 Å². The summed E-state index contributed by atoms with van der Waals surface area (Å²) in [4.78, 5) is 20.0. The number of aryl methyl sites for hydroxylation is 1. The van der Waals surface area contributed by atoms with Crippen molar-refractivity contribution in [2.24, 2.45) is 0 Å². The summed E-state index contributed by atoms with van der Waals surface area (Å²) in [5, 5.41) is 4.58. The number of nitrogens with one attached hydrogen (secondary N) is 1. The molecule has 1 saturated carbocycles. The van der Waals surface area contributed by atoms with E-state index in [4.69, 9.17) is 0 Å². The number of hydrogen-bond acceptors (Lipinski definition) is 5. The number of nitrogens with zero attached hydrogens (tertiary/aromatic N) is 2. The van der Waals surface area contributed by atoms with Crippen LogP contribution in [0, 0.1) is 0 Å². The fraction of sp³-hybridized carbons (Fsp3) is 0.667. The highest BCUT2D eigenvalue weighted by molar-refractivity contribution is 7.98. The highest BCUT2D eigenvalue weighted by Gasteiger charge is 2.26. The number of thiophene rings is 1. The van der Waals surface area contributed by atoms with E-state index in [9.17, 15) is 4.79 Å². The van der Waals surface area contributed by atoms with E-state index in [0.717, 1.165) is 54.6 Å². The number of hydrogen-bond donors (Lipinski definition) is 1. The molecule has 2 heterocycles. The van der Waals surface area contributed by atoms with Crippen molar-refractivity contribution in [2.75, 3.05) is 18.6 Å². The summed E-state index contributed by atoms with van der Waals surface area (Å²) >= 11 is 3.62. The van der Waals surface area contributed by atoms with Gasteiger partial charge in [0.2, 0.25) is 0 Å². The van der Waals surface area contributed by atoms with Gasteiger partial charge in [-0.1, -0.05) is 12.8 Å². The molecule has 0 unspecified atom stereocenters. The summed E-state index contributed by atoms with van der Waals surface area (Å²) in [6, 6.07) is 0.921. The lowest BCUT2D eigenvalue weighted by Gasteiger charge is -2.23. The van der Waals surface area contributed by atoms with Crippen LogP contribution in [0.5, 0.6) is 0 Å². The summed E-state index contributed by atoms with van der Waals surface area (Å²) < 4.78 is 1.92. The number of aromatic nitrogens is 2. The quantitative estimate of drug-likeness (QED) is 0.827. The van der Waals surface area contributed by atoms with Crippen molar-refractivity contribution in [3.05, 3.63) is 27.1 Å². The number of rotatable bonds is 5. The van der Waals surface area contributed by atoms with Crippen LogP contribution < -0.4 is 10.9 Å². The second kappa shape index (κ2) is 7.18. The third-order valence-corrected chi connectivity index (χ3v) is 7.23. The number of fused-ring (bicyclic) bond motifs is 3. The zero-order chi connectivity index (χ0) is 16.5. The molecule has 0 radical (unpaired) electrons. The average Bonchev–Trinajstić information content (AvgIpc) is 3.22. The molecule has 0 spiro atoms. The third-order valence-electron chi connectivity index (χ3n) is 5.45. The molecule has 4 nitrogen and oxygen atoms in total. The van der Waals surface area contributed by atoms with Gasteiger partial charge in [-0.2, -0.15) is 11.8 Å². The van der Waals surface area contributed by atoms with E-state index in [-0.39, 0.29) is 5.56 Å². The Bertz CT molecular complexity index is 776. The van der Waals surface area contributed by atoms with Gasteiger partial charge in [-0.3, -0.25) is 9.36 Å². The molecule has 2 aromatic rings. The van der Waals surface area contributed by atoms with Crippen LogP contribution in [0.1, 0.15) is 48.6 Å². The van der Waals surface area contributed by atoms with Crippen molar-refractivity contribution in [2.45, 2.75) is 57.0 Å². The van der Waals surface area contributed by atoms with Crippen molar-refractivity contribution in [3.63, 3.8) is 0 Å². The molecular formula is C18H25N3OS2. The summed E-state index contributed by atoms with van der Waals surface area (Å²) in [6.45, 7) is 1.07. The van der Waals surface area contributed by atoms with Crippen LogP contribution in [-0.2, 0) is 12.8 Å². The molecule has 2 aliphatic rings. The molecule has 0 aliphatic heterocycles. The fourth-order valence-corrected chi connectivity index (χ4v) is 5.74. The molecule has 1 atom stereocenters. The molecule has 130 valence electrons. The molecule has 24 heavy (non-hydrogen) atoms. The maximum absolute atomic E-state index is 13.1. The Morgan fingerprint density at radius 1 is 1.38 bits per heavy atom. The van der Waals surface area contributed by atoms with Gasteiger partial charge in [0.1, 0.15) is 4.83 Å². The molecule has 0 aromatic carbocycles. The van der Waals surface area contributed by atoms with Crippen LogP contribution in [0.25, 0.3) is 10.2 Å². The molecule has 0 saturated heterocycles. The highest BCUT2D eigenvalue weighted by Crippen LogP contribution is 2.35. The smallest absolute Gasteiger partial charge is 0.262 e. The van der Waals surface area contributed by atoms with Crippen LogP contribution in [-0.4, -0.2) is 34.1 Å². The zero-order valence-corrected chi connectivity index (χ0v) is 15.8. The predicted molar refractivity (Wildman–Crippen MR) is 104 cm³/mol. The second-order valence-electron chi connectivity index (χ2n) is 6.97. The summed E-state index contributed by atoms with van der Waals surface area (Å²) in [7, 11) is 0. The lowest BCUT2D eigenvalue weighted by atomic mass is 9.93. The Labute approximate surface area is 151 Å². The van der Waals surface area contributed by atoms with Gasteiger partial charge in [-0.25, -0.2) is 4.98 Å². The van der Waals surface area contributed by atoms with Gasteiger partial charge in [0.15, 0.2) is 0 Å². The van der Waals surface area contributed by atoms with Gasteiger partial charge >= 0.3 is 0 Å². The van der Waals surface area contributed by atoms with E-state index in [1.807, 2.05) is 16.3 Å². The molecule has 1 N–H and O–H groups in total. The third kappa shape index (κ3) is 3.04. The van der Waals surface area contributed by atoms with E-state index in [1.165, 1.54) is 23.3 Å². The Morgan fingerprint density at radius 3 is 3.00 bits per heavy atom. The fourth-order valence-electron chi connectivity index (χ4n) is 4.16. The molecule has 2 aliphatic carbocycles. The predicted octanol–water partition coefficient (Wildman–Crippen LogP) is 3.38. The maximum atomic E-state index is 13.1. The largest absolute Gasteiger partial charge is 0.313 e. The maximum Gasteiger partial charge on any atom is 0.262 e. The minimum atomic E-state index is 0.207. The minimum absolute atomic E-state index is 0.207. The Balaban J connectivity index is 1.63. The van der Waals surface area contributed by atoms with Gasteiger partial charge in [0.25, 0.3) is 5.56 Å². The number of thioether (sulfide) groups is 1. The highest BCUT2D eigenvalue weighted by atomic mass is 32.2.